The van der Waals surface area contributed by atoms with Gasteiger partial charge in [0.15, 0.2) is 0 Å². The molecule has 41 heavy (non-hydrogen) atoms. The molecule has 0 aromatic heterocycles. The molecule has 4 N–H and O–H groups in total. The summed E-state index contributed by atoms with van der Waals surface area (Å²) < 4.78 is 0. The van der Waals surface area contributed by atoms with Gasteiger partial charge in [-0.15, -0.1) is 0 Å². The number of carbonyl (C=O) groups excluding carboxylic acids is 2. The average Bonchev–Trinajstić information content (AvgIpc) is 3.44. The van der Waals surface area contributed by atoms with E-state index in [1.807, 2.05) is 48.5 Å². The first-order valence-corrected chi connectivity index (χ1v) is 14.6. The Hall–Kier alpha value is -3.94. The highest BCUT2D eigenvalue weighted by molar-refractivity contribution is 6.03. The summed E-state index contributed by atoms with van der Waals surface area (Å²) in [7, 11) is 0. The summed E-state index contributed by atoms with van der Waals surface area (Å²) in [4.78, 5) is 31.0. The monoisotopic (exact) mass is 553 g/mol. The van der Waals surface area contributed by atoms with E-state index < -0.39 is 6.04 Å². The Labute approximate surface area is 244 Å². The van der Waals surface area contributed by atoms with Gasteiger partial charge in [0.2, 0.25) is 11.8 Å². The molecule has 1 fully saturated rings. The fourth-order valence-corrected chi connectivity index (χ4v) is 5.48. The third-order valence-corrected chi connectivity index (χ3v) is 7.88. The summed E-state index contributed by atoms with van der Waals surface area (Å²) in [6.45, 7) is 12.4. The molecule has 1 aliphatic heterocycles. The van der Waals surface area contributed by atoms with Crippen molar-refractivity contribution >= 4 is 35.0 Å². The summed E-state index contributed by atoms with van der Waals surface area (Å²) >= 11 is 0. The van der Waals surface area contributed by atoms with E-state index in [-0.39, 0.29) is 11.8 Å². The standard InChI is InChI=1S/C34H43N5O2/c1-5-38(6-2)29-21-22-39(23-29)33(34(41)36-28-18-16-26(17-19-28)24(3)4)27-14-11-25(12-15-27)13-20-32(40)37-31-10-8-7-9-30(31)35/h7-20,24,29,33H,5-6,21-23,35H2,1-4H3,(H,36,41)(H,37,40). The van der Waals surface area contributed by atoms with Gasteiger partial charge in [0.1, 0.15) is 6.04 Å². The zero-order valence-corrected chi connectivity index (χ0v) is 24.6. The van der Waals surface area contributed by atoms with Crippen LogP contribution in [0.5, 0.6) is 0 Å². The Bertz CT molecular complexity index is 1330. The Kier molecular flexibility index (Phi) is 10.3. The summed E-state index contributed by atoms with van der Waals surface area (Å²) in [5.74, 6) is 0.141. The van der Waals surface area contributed by atoms with E-state index in [1.165, 1.54) is 11.6 Å². The minimum atomic E-state index is -0.414. The van der Waals surface area contributed by atoms with E-state index in [9.17, 15) is 9.59 Å². The predicted octanol–water partition coefficient (Wildman–Crippen LogP) is 6.14. The number of rotatable bonds is 11. The molecule has 1 saturated heterocycles. The van der Waals surface area contributed by atoms with Gasteiger partial charge in [0.05, 0.1) is 11.4 Å². The van der Waals surface area contributed by atoms with Crippen LogP contribution in [-0.4, -0.2) is 53.8 Å². The van der Waals surface area contributed by atoms with E-state index in [1.54, 1.807) is 18.2 Å². The summed E-state index contributed by atoms with van der Waals surface area (Å²) in [6.07, 6.45) is 4.29. The van der Waals surface area contributed by atoms with Crippen molar-refractivity contribution < 1.29 is 9.59 Å². The summed E-state index contributed by atoms with van der Waals surface area (Å²) in [5.41, 5.74) is 10.9. The van der Waals surface area contributed by atoms with Crippen molar-refractivity contribution in [3.8, 4) is 0 Å². The van der Waals surface area contributed by atoms with Crippen LogP contribution in [-0.2, 0) is 9.59 Å². The van der Waals surface area contributed by atoms with E-state index in [2.05, 4.69) is 60.3 Å². The van der Waals surface area contributed by atoms with Gasteiger partial charge in [-0.2, -0.15) is 0 Å². The predicted molar refractivity (Wildman–Crippen MR) is 170 cm³/mol. The van der Waals surface area contributed by atoms with Gasteiger partial charge in [-0.25, -0.2) is 0 Å². The number of amides is 2. The van der Waals surface area contributed by atoms with Gasteiger partial charge >= 0.3 is 0 Å². The van der Waals surface area contributed by atoms with Gasteiger partial charge in [0, 0.05) is 30.9 Å². The number of nitrogen functional groups attached to an aromatic ring is 1. The third kappa shape index (κ3) is 7.84. The molecule has 0 radical (unpaired) electrons. The number of nitrogens with one attached hydrogen (secondary N) is 2. The molecule has 0 spiro atoms. The number of para-hydroxylation sites is 2. The number of hydrogen-bond donors (Lipinski definition) is 3. The maximum absolute atomic E-state index is 13.8. The molecule has 0 aliphatic carbocycles. The van der Waals surface area contributed by atoms with Gasteiger partial charge in [-0.3, -0.25) is 19.4 Å². The second-order valence-electron chi connectivity index (χ2n) is 10.9. The molecule has 4 rings (SSSR count). The molecule has 7 heteroatoms. The van der Waals surface area contributed by atoms with Gasteiger partial charge < -0.3 is 16.4 Å². The van der Waals surface area contributed by atoms with E-state index in [0.717, 1.165) is 49.4 Å². The lowest BCUT2D eigenvalue weighted by Gasteiger charge is -2.30. The van der Waals surface area contributed by atoms with Crippen LogP contribution in [0.15, 0.2) is 78.9 Å². The smallest absolute Gasteiger partial charge is 0.248 e. The van der Waals surface area contributed by atoms with Crippen LogP contribution >= 0.6 is 0 Å². The number of anilines is 3. The topological polar surface area (TPSA) is 90.7 Å². The first kappa shape index (κ1) is 30.0. The lowest BCUT2D eigenvalue weighted by Crippen LogP contribution is -2.40. The number of nitrogens with two attached hydrogens (primary N) is 1. The highest BCUT2D eigenvalue weighted by Gasteiger charge is 2.35. The normalized spacial score (nSPS) is 16.4. The van der Waals surface area contributed by atoms with Crippen LogP contribution in [0.3, 0.4) is 0 Å². The molecule has 1 aliphatic rings. The molecule has 7 nitrogen and oxygen atoms in total. The molecular formula is C34H43N5O2. The average molecular weight is 554 g/mol. The Morgan fingerprint density at radius 3 is 2.24 bits per heavy atom. The third-order valence-electron chi connectivity index (χ3n) is 7.88. The zero-order valence-electron chi connectivity index (χ0n) is 24.6. The molecule has 3 aromatic carbocycles. The Morgan fingerprint density at radius 1 is 0.951 bits per heavy atom. The second-order valence-corrected chi connectivity index (χ2v) is 10.9. The van der Waals surface area contributed by atoms with Crippen molar-refractivity contribution in [2.45, 2.75) is 52.1 Å². The van der Waals surface area contributed by atoms with Crippen LogP contribution in [0.25, 0.3) is 6.08 Å². The fraction of sp³-hybridized carbons (Fsp3) is 0.353. The van der Waals surface area contributed by atoms with Crippen molar-refractivity contribution in [1.82, 2.24) is 9.80 Å². The van der Waals surface area contributed by atoms with Crippen LogP contribution < -0.4 is 16.4 Å². The van der Waals surface area contributed by atoms with Gasteiger partial charge in [-0.05, 0) is 72.5 Å². The van der Waals surface area contributed by atoms with Crippen molar-refractivity contribution in [2.75, 3.05) is 42.5 Å². The van der Waals surface area contributed by atoms with Crippen LogP contribution in [0, 0.1) is 0 Å². The molecular weight excluding hydrogens is 510 g/mol. The first-order chi connectivity index (χ1) is 19.8. The molecule has 3 aromatic rings. The molecule has 0 saturated carbocycles. The van der Waals surface area contributed by atoms with Gasteiger partial charge in [-0.1, -0.05) is 76.2 Å². The molecule has 216 valence electrons. The number of nitrogens with zero attached hydrogens (tertiary/aromatic N) is 2. The van der Waals surface area contributed by atoms with Crippen molar-refractivity contribution in [1.29, 1.82) is 0 Å². The molecule has 2 unspecified atom stereocenters. The minimum Gasteiger partial charge on any atom is -0.397 e. The largest absolute Gasteiger partial charge is 0.397 e. The minimum absolute atomic E-state index is 0.0365. The highest BCUT2D eigenvalue weighted by atomic mass is 16.2. The van der Waals surface area contributed by atoms with E-state index in [0.29, 0.717) is 23.3 Å². The first-order valence-electron chi connectivity index (χ1n) is 14.6. The summed E-state index contributed by atoms with van der Waals surface area (Å²) in [6, 6.07) is 23.2. The lowest BCUT2D eigenvalue weighted by atomic mass is 10.0. The second kappa shape index (κ2) is 14.1. The highest BCUT2D eigenvalue weighted by Crippen LogP contribution is 2.29. The zero-order chi connectivity index (χ0) is 29.4. The molecule has 2 atom stereocenters. The van der Waals surface area contributed by atoms with E-state index >= 15 is 0 Å². The van der Waals surface area contributed by atoms with E-state index in [4.69, 9.17) is 5.73 Å². The lowest BCUT2D eigenvalue weighted by molar-refractivity contribution is -0.121. The quantitative estimate of drug-likeness (QED) is 0.196. The van der Waals surface area contributed by atoms with Crippen molar-refractivity contribution in [3.63, 3.8) is 0 Å². The molecule has 2 amide bonds. The number of hydrogen-bond acceptors (Lipinski definition) is 5. The van der Waals surface area contributed by atoms with Gasteiger partial charge in [0.25, 0.3) is 0 Å². The number of carbonyl (C=O) groups is 2. The Morgan fingerprint density at radius 2 is 1.61 bits per heavy atom. The molecule has 0 bridgehead atoms. The fourth-order valence-electron chi connectivity index (χ4n) is 5.48. The van der Waals surface area contributed by atoms with Crippen molar-refractivity contribution in [2.24, 2.45) is 0 Å². The molecule has 1 heterocycles. The number of likely N-dealkylation sites (tertiary alicyclic amines) is 1. The van der Waals surface area contributed by atoms with Crippen LogP contribution in [0.4, 0.5) is 17.1 Å². The number of likely N-dealkylation sites (N-methyl/N-ethyl adjacent to an activating group) is 1. The SMILES string of the molecule is CCN(CC)C1CCN(C(C(=O)Nc2ccc(C(C)C)cc2)c2ccc(C=CC(=O)Nc3ccccc3N)cc2)C1. The van der Waals surface area contributed by atoms with Crippen LogP contribution in [0.2, 0.25) is 0 Å². The maximum atomic E-state index is 13.8. The summed E-state index contributed by atoms with van der Waals surface area (Å²) in [5, 5.41) is 5.97. The number of benzene rings is 3. The maximum Gasteiger partial charge on any atom is 0.248 e. The Balaban J connectivity index is 1.51. The van der Waals surface area contributed by atoms with Crippen LogP contribution in [0.1, 0.15) is 62.8 Å². The van der Waals surface area contributed by atoms with Crippen molar-refractivity contribution in [3.05, 3.63) is 95.6 Å².